The van der Waals surface area contributed by atoms with Crippen LogP contribution in [-0.2, 0) is 4.74 Å². The second-order valence-corrected chi connectivity index (χ2v) is 2.69. The van der Waals surface area contributed by atoms with Crippen molar-refractivity contribution < 1.29 is 4.74 Å². The lowest BCUT2D eigenvalue weighted by Gasteiger charge is -2.09. The van der Waals surface area contributed by atoms with Crippen LogP contribution in [0, 0.1) is 0 Å². The van der Waals surface area contributed by atoms with Crippen molar-refractivity contribution in [1.29, 1.82) is 0 Å². The van der Waals surface area contributed by atoms with Gasteiger partial charge in [0.15, 0.2) is 5.82 Å². The fourth-order valence-corrected chi connectivity index (χ4v) is 0.801. The lowest BCUT2D eigenvalue weighted by Crippen LogP contribution is -2.23. The number of hydrogen-bond acceptors (Lipinski definition) is 4. The number of aromatic amines is 1. The molecule has 1 unspecified atom stereocenters. The Morgan fingerprint density at radius 3 is 3.15 bits per heavy atom. The first-order valence-electron chi connectivity index (χ1n) is 4.04. The molecule has 1 atom stereocenters. The maximum atomic E-state index is 11.1. The third kappa shape index (κ3) is 2.87. The predicted octanol–water partition coefficient (Wildman–Crippen LogP) is 0.217. The summed E-state index contributed by atoms with van der Waals surface area (Å²) in [6.07, 6.45) is 3.08. The Balaban J connectivity index is 2.55. The molecule has 13 heavy (non-hydrogen) atoms. The average Bonchev–Trinajstić information content (AvgIpc) is 2.16. The second kappa shape index (κ2) is 4.61. The van der Waals surface area contributed by atoms with Crippen LogP contribution < -0.4 is 10.9 Å². The van der Waals surface area contributed by atoms with Crippen molar-refractivity contribution >= 4 is 5.82 Å². The number of nitrogens with one attached hydrogen (secondary N) is 2. The smallest absolute Gasteiger partial charge is 0.290 e. The van der Waals surface area contributed by atoms with E-state index in [0.29, 0.717) is 12.4 Å². The predicted molar refractivity (Wildman–Crippen MR) is 49.8 cm³/mol. The molecular weight excluding hydrogens is 170 g/mol. The van der Waals surface area contributed by atoms with Crippen LogP contribution in [0.3, 0.4) is 0 Å². The molecule has 0 fully saturated rings. The third-order valence-electron chi connectivity index (χ3n) is 1.67. The van der Waals surface area contributed by atoms with Crippen molar-refractivity contribution in [1.82, 2.24) is 9.97 Å². The van der Waals surface area contributed by atoms with E-state index in [9.17, 15) is 4.79 Å². The summed E-state index contributed by atoms with van der Waals surface area (Å²) in [6.45, 7) is 2.47. The summed E-state index contributed by atoms with van der Waals surface area (Å²) in [5.74, 6) is 0.325. The number of rotatable bonds is 4. The topological polar surface area (TPSA) is 67.0 Å². The van der Waals surface area contributed by atoms with Crippen molar-refractivity contribution in [3.05, 3.63) is 22.7 Å². The van der Waals surface area contributed by atoms with Crippen LogP contribution in [0.1, 0.15) is 6.92 Å². The van der Waals surface area contributed by atoms with Crippen LogP contribution >= 0.6 is 0 Å². The maximum absolute atomic E-state index is 11.1. The van der Waals surface area contributed by atoms with Gasteiger partial charge in [0, 0.05) is 26.0 Å². The van der Waals surface area contributed by atoms with E-state index in [1.165, 1.54) is 12.4 Å². The van der Waals surface area contributed by atoms with Gasteiger partial charge in [0.1, 0.15) is 0 Å². The molecule has 0 bridgehead atoms. The molecule has 2 N–H and O–H groups in total. The zero-order valence-corrected chi connectivity index (χ0v) is 7.70. The minimum absolute atomic E-state index is 0.0569. The largest absolute Gasteiger partial charge is 0.380 e. The van der Waals surface area contributed by atoms with E-state index in [-0.39, 0.29) is 11.7 Å². The quantitative estimate of drug-likeness (QED) is 0.700. The van der Waals surface area contributed by atoms with Gasteiger partial charge in [0.25, 0.3) is 5.56 Å². The first kappa shape index (κ1) is 9.73. The molecule has 0 aliphatic carbocycles. The molecular formula is C8H13N3O2. The van der Waals surface area contributed by atoms with Gasteiger partial charge in [0.2, 0.25) is 0 Å². The summed E-state index contributed by atoms with van der Waals surface area (Å²) >= 11 is 0. The normalized spacial score (nSPS) is 12.5. The van der Waals surface area contributed by atoms with E-state index < -0.39 is 0 Å². The summed E-state index contributed by atoms with van der Waals surface area (Å²) in [6, 6.07) is 0. The highest BCUT2D eigenvalue weighted by molar-refractivity contribution is 5.29. The van der Waals surface area contributed by atoms with Crippen molar-refractivity contribution in [2.24, 2.45) is 0 Å². The first-order valence-corrected chi connectivity index (χ1v) is 4.04. The molecule has 1 rings (SSSR count). The Kier molecular flexibility index (Phi) is 3.45. The molecule has 0 aromatic carbocycles. The highest BCUT2D eigenvalue weighted by Crippen LogP contribution is 1.92. The summed E-state index contributed by atoms with van der Waals surface area (Å²) in [5.41, 5.74) is -0.217. The van der Waals surface area contributed by atoms with Gasteiger partial charge < -0.3 is 15.0 Å². The number of methoxy groups -OCH3 is 1. The third-order valence-corrected chi connectivity index (χ3v) is 1.67. The first-order chi connectivity index (χ1) is 6.24. The van der Waals surface area contributed by atoms with Gasteiger partial charge >= 0.3 is 0 Å². The SMILES string of the molecule is COC(C)CNc1ncc[nH]c1=O. The molecule has 5 nitrogen and oxygen atoms in total. The number of H-pyrrole nitrogens is 1. The standard InChI is InChI=1S/C8H13N3O2/c1-6(13-2)5-11-7-8(12)10-4-3-9-7/h3-4,6H,5H2,1-2H3,(H,9,11)(H,10,12). The van der Waals surface area contributed by atoms with Crippen LogP contribution in [0.15, 0.2) is 17.2 Å². The van der Waals surface area contributed by atoms with Crippen molar-refractivity contribution in [2.45, 2.75) is 13.0 Å². The Bertz CT molecular complexity index is 310. The van der Waals surface area contributed by atoms with Gasteiger partial charge in [-0.2, -0.15) is 0 Å². The molecule has 0 aliphatic heterocycles. The van der Waals surface area contributed by atoms with E-state index in [4.69, 9.17) is 4.74 Å². The second-order valence-electron chi connectivity index (χ2n) is 2.69. The van der Waals surface area contributed by atoms with Crippen LogP contribution in [0.2, 0.25) is 0 Å². The van der Waals surface area contributed by atoms with Gasteiger partial charge in [-0.15, -0.1) is 0 Å². The zero-order chi connectivity index (χ0) is 9.68. The molecule has 0 amide bonds. The van der Waals surface area contributed by atoms with E-state index in [0.717, 1.165) is 0 Å². The molecule has 0 radical (unpaired) electrons. The lowest BCUT2D eigenvalue weighted by molar-refractivity contribution is 0.128. The Labute approximate surface area is 76.2 Å². The van der Waals surface area contributed by atoms with Crippen LogP contribution in [-0.4, -0.2) is 29.7 Å². The molecule has 0 aliphatic rings. The fourth-order valence-electron chi connectivity index (χ4n) is 0.801. The van der Waals surface area contributed by atoms with Crippen LogP contribution in [0.4, 0.5) is 5.82 Å². The van der Waals surface area contributed by atoms with Crippen molar-refractivity contribution in [2.75, 3.05) is 19.0 Å². The Hall–Kier alpha value is -1.36. The van der Waals surface area contributed by atoms with E-state index in [1.54, 1.807) is 7.11 Å². The Morgan fingerprint density at radius 1 is 1.77 bits per heavy atom. The Morgan fingerprint density at radius 2 is 2.54 bits per heavy atom. The fraction of sp³-hybridized carbons (Fsp3) is 0.500. The molecule has 5 heteroatoms. The van der Waals surface area contributed by atoms with E-state index >= 15 is 0 Å². The number of nitrogens with zero attached hydrogens (tertiary/aromatic N) is 1. The molecule has 0 saturated heterocycles. The van der Waals surface area contributed by atoms with Gasteiger partial charge in [-0.25, -0.2) is 4.98 Å². The van der Waals surface area contributed by atoms with Gasteiger partial charge in [-0.05, 0) is 6.92 Å². The minimum atomic E-state index is -0.217. The minimum Gasteiger partial charge on any atom is -0.380 e. The van der Waals surface area contributed by atoms with E-state index in [2.05, 4.69) is 15.3 Å². The molecule has 0 spiro atoms. The summed E-state index contributed by atoms with van der Waals surface area (Å²) in [4.78, 5) is 17.5. The van der Waals surface area contributed by atoms with E-state index in [1.807, 2.05) is 6.92 Å². The van der Waals surface area contributed by atoms with Gasteiger partial charge in [-0.1, -0.05) is 0 Å². The summed E-state index contributed by atoms with van der Waals surface area (Å²) < 4.78 is 5.01. The van der Waals surface area contributed by atoms with Crippen molar-refractivity contribution in [3.8, 4) is 0 Å². The maximum Gasteiger partial charge on any atom is 0.290 e. The van der Waals surface area contributed by atoms with Crippen molar-refractivity contribution in [3.63, 3.8) is 0 Å². The highest BCUT2D eigenvalue weighted by atomic mass is 16.5. The van der Waals surface area contributed by atoms with Crippen LogP contribution in [0.5, 0.6) is 0 Å². The number of anilines is 1. The lowest BCUT2D eigenvalue weighted by atomic mass is 10.4. The number of ether oxygens (including phenoxy) is 1. The summed E-state index contributed by atoms with van der Waals surface area (Å²) in [5, 5.41) is 2.88. The molecule has 0 saturated carbocycles. The van der Waals surface area contributed by atoms with Gasteiger partial charge in [0.05, 0.1) is 6.10 Å². The average molecular weight is 183 g/mol. The number of hydrogen-bond donors (Lipinski definition) is 2. The van der Waals surface area contributed by atoms with Gasteiger partial charge in [-0.3, -0.25) is 4.79 Å². The van der Waals surface area contributed by atoms with Crippen LogP contribution in [0.25, 0.3) is 0 Å². The molecule has 1 aromatic heterocycles. The zero-order valence-electron chi connectivity index (χ0n) is 7.70. The molecule has 1 aromatic rings. The number of aromatic nitrogens is 2. The molecule has 72 valence electrons. The monoisotopic (exact) mass is 183 g/mol. The molecule has 1 heterocycles. The summed E-state index contributed by atoms with van der Waals surface area (Å²) in [7, 11) is 1.62. The highest BCUT2D eigenvalue weighted by Gasteiger charge is 2.01.